The van der Waals surface area contributed by atoms with E-state index in [0.717, 1.165) is 56.4 Å². The fraction of sp³-hybridized carbons (Fsp3) is 0.733. The Kier molecular flexibility index (Phi) is 3.99. The summed E-state index contributed by atoms with van der Waals surface area (Å²) < 4.78 is 5.62. The first-order chi connectivity index (χ1) is 10.0. The van der Waals surface area contributed by atoms with Gasteiger partial charge in [-0.3, -0.25) is 14.6 Å². The summed E-state index contributed by atoms with van der Waals surface area (Å²) in [7, 11) is 0. The quantitative estimate of drug-likeness (QED) is 0.881. The average Bonchev–Trinajstić information content (AvgIpc) is 3.19. The van der Waals surface area contributed by atoms with Crippen molar-refractivity contribution in [3.05, 3.63) is 17.3 Å². The standard InChI is InChI=1S/C15H23N3O3/c1-10-11(2)21-13(16-10)9-17-5-7-18(8-6-17)14(15(19)20)12-3-4-12/h12,14H,3-9H2,1-2H3,(H,19,20). The summed E-state index contributed by atoms with van der Waals surface area (Å²) in [5.41, 5.74) is 0.948. The zero-order valence-corrected chi connectivity index (χ0v) is 12.7. The van der Waals surface area contributed by atoms with Gasteiger partial charge in [0.25, 0.3) is 0 Å². The Morgan fingerprint density at radius 3 is 2.48 bits per heavy atom. The van der Waals surface area contributed by atoms with Crippen LogP contribution in [-0.4, -0.2) is 58.1 Å². The van der Waals surface area contributed by atoms with Gasteiger partial charge < -0.3 is 9.52 Å². The summed E-state index contributed by atoms with van der Waals surface area (Å²) >= 11 is 0. The van der Waals surface area contributed by atoms with Crippen LogP contribution in [0.25, 0.3) is 0 Å². The van der Waals surface area contributed by atoms with Crippen molar-refractivity contribution < 1.29 is 14.3 Å². The highest BCUT2D eigenvalue weighted by Crippen LogP contribution is 2.35. The number of oxazole rings is 1. The van der Waals surface area contributed by atoms with Crippen LogP contribution in [-0.2, 0) is 11.3 Å². The van der Waals surface area contributed by atoms with E-state index in [9.17, 15) is 9.90 Å². The first-order valence-electron chi connectivity index (χ1n) is 7.66. The van der Waals surface area contributed by atoms with Crippen LogP contribution in [0.2, 0.25) is 0 Å². The van der Waals surface area contributed by atoms with E-state index in [2.05, 4.69) is 14.8 Å². The molecule has 1 N–H and O–H groups in total. The maximum atomic E-state index is 11.4. The molecule has 0 radical (unpaired) electrons. The lowest BCUT2D eigenvalue weighted by atomic mass is 10.1. The molecule has 0 aromatic carbocycles. The molecule has 1 aromatic rings. The molecule has 0 spiro atoms. The molecule has 1 aromatic heterocycles. The molecule has 1 atom stereocenters. The summed E-state index contributed by atoms with van der Waals surface area (Å²) in [4.78, 5) is 20.2. The molecule has 1 aliphatic heterocycles. The van der Waals surface area contributed by atoms with Gasteiger partial charge in [0.15, 0.2) is 0 Å². The minimum absolute atomic E-state index is 0.279. The molecule has 2 fully saturated rings. The van der Waals surface area contributed by atoms with E-state index in [1.807, 2.05) is 13.8 Å². The third-order valence-electron chi connectivity index (χ3n) is 4.55. The van der Waals surface area contributed by atoms with Crippen LogP contribution in [0.1, 0.15) is 30.2 Å². The van der Waals surface area contributed by atoms with E-state index in [1.165, 1.54) is 0 Å². The third kappa shape index (κ3) is 3.27. The summed E-state index contributed by atoms with van der Waals surface area (Å²) in [5, 5.41) is 9.39. The van der Waals surface area contributed by atoms with Crippen molar-refractivity contribution in [3.63, 3.8) is 0 Å². The normalized spacial score (nSPS) is 22.4. The van der Waals surface area contributed by atoms with Gasteiger partial charge in [-0.25, -0.2) is 4.98 Å². The second kappa shape index (κ2) is 5.77. The molecule has 1 saturated heterocycles. The van der Waals surface area contributed by atoms with Gasteiger partial charge in [0.1, 0.15) is 11.8 Å². The fourth-order valence-electron chi connectivity index (χ4n) is 3.07. The Morgan fingerprint density at radius 2 is 2.00 bits per heavy atom. The van der Waals surface area contributed by atoms with Crippen LogP contribution < -0.4 is 0 Å². The van der Waals surface area contributed by atoms with E-state index >= 15 is 0 Å². The first-order valence-corrected chi connectivity index (χ1v) is 7.66. The van der Waals surface area contributed by atoms with E-state index in [1.54, 1.807) is 0 Å². The molecule has 6 heteroatoms. The summed E-state index contributed by atoms with van der Waals surface area (Å²) in [6.07, 6.45) is 2.12. The molecule has 2 aliphatic rings. The molecule has 3 rings (SSSR count). The highest BCUT2D eigenvalue weighted by molar-refractivity contribution is 5.74. The van der Waals surface area contributed by atoms with E-state index in [0.29, 0.717) is 12.5 Å². The number of aryl methyl sites for hydroxylation is 2. The second-order valence-corrected chi connectivity index (χ2v) is 6.18. The second-order valence-electron chi connectivity index (χ2n) is 6.18. The van der Waals surface area contributed by atoms with Crippen LogP contribution in [0.3, 0.4) is 0 Å². The van der Waals surface area contributed by atoms with Crippen LogP contribution in [0.15, 0.2) is 4.42 Å². The maximum absolute atomic E-state index is 11.4. The van der Waals surface area contributed by atoms with Gasteiger partial charge in [-0.2, -0.15) is 0 Å². The van der Waals surface area contributed by atoms with Crippen LogP contribution >= 0.6 is 0 Å². The number of nitrogens with zero attached hydrogens (tertiary/aromatic N) is 3. The number of rotatable bonds is 5. The third-order valence-corrected chi connectivity index (χ3v) is 4.55. The van der Waals surface area contributed by atoms with Gasteiger partial charge in [-0.1, -0.05) is 0 Å². The summed E-state index contributed by atoms with van der Waals surface area (Å²) in [6, 6.07) is -0.279. The van der Waals surface area contributed by atoms with Crippen molar-refractivity contribution in [2.75, 3.05) is 26.2 Å². The molecule has 6 nitrogen and oxygen atoms in total. The summed E-state index contributed by atoms with van der Waals surface area (Å²) in [5.74, 6) is 1.34. The van der Waals surface area contributed by atoms with Gasteiger partial charge in [-0.05, 0) is 32.6 Å². The van der Waals surface area contributed by atoms with Gasteiger partial charge in [0.05, 0.1) is 12.2 Å². The zero-order chi connectivity index (χ0) is 15.0. The predicted octanol–water partition coefficient (Wildman–Crippen LogP) is 1.27. The number of hydrogen-bond donors (Lipinski definition) is 1. The maximum Gasteiger partial charge on any atom is 0.321 e. The lowest BCUT2D eigenvalue weighted by Crippen LogP contribution is -2.53. The number of piperazine rings is 1. The number of carboxylic acid groups (broad SMARTS) is 1. The van der Waals surface area contributed by atoms with E-state index < -0.39 is 5.97 Å². The number of carboxylic acids is 1. The Morgan fingerprint density at radius 1 is 1.33 bits per heavy atom. The highest BCUT2D eigenvalue weighted by Gasteiger charge is 2.41. The smallest absolute Gasteiger partial charge is 0.321 e. The molecule has 1 aliphatic carbocycles. The molecular formula is C15H23N3O3. The van der Waals surface area contributed by atoms with Crippen molar-refractivity contribution >= 4 is 5.97 Å². The van der Waals surface area contributed by atoms with Gasteiger partial charge in [0.2, 0.25) is 5.89 Å². The number of hydrogen-bond acceptors (Lipinski definition) is 5. The predicted molar refractivity (Wildman–Crippen MR) is 77.0 cm³/mol. The van der Waals surface area contributed by atoms with Crippen molar-refractivity contribution in [1.29, 1.82) is 0 Å². The minimum atomic E-state index is -0.662. The van der Waals surface area contributed by atoms with Gasteiger partial charge in [0, 0.05) is 26.2 Å². The SMILES string of the molecule is Cc1nc(CN2CCN(C(C(=O)O)C3CC3)CC2)oc1C. The van der Waals surface area contributed by atoms with Crippen molar-refractivity contribution in [3.8, 4) is 0 Å². The molecular weight excluding hydrogens is 270 g/mol. The molecule has 2 heterocycles. The highest BCUT2D eigenvalue weighted by atomic mass is 16.4. The number of aromatic nitrogens is 1. The first kappa shape index (κ1) is 14.5. The van der Waals surface area contributed by atoms with E-state index in [4.69, 9.17) is 4.42 Å². The summed E-state index contributed by atoms with van der Waals surface area (Å²) in [6.45, 7) is 7.96. The zero-order valence-electron chi connectivity index (χ0n) is 12.7. The van der Waals surface area contributed by atoms with Crippen LogP contribution in [0.5, 0.6) is 0 Å². The molecule has 0 bridgehead atoms. The van der Waals surface area contributed by atoms with Crippen molar-refractivity contribution in [2.45, 2.75) is 39.3 Å². The number of carbonyl (C=O) groups is 1. The Labute approximate surface area is 124 Å². The Balaban J connectivity index is 1.53. The fourth-order valence-corrected chi connectivity index (χ4v) is 3.07. The molecule has 1 saturated carbocycles. The molecule has 116 valence electrons. The largest absolute Gasteiger partial charge is 0.480 e. The van der Waals surface area contributed by atoms with Crippen molar-refractivity contribution in [2.24, 2.45) is 5.92 Å². The number of aliphatic carboxylic acids is 1. The average molecular weight is 293 g/mol. The lowest BCUT2D eigenvalue weighted by molar-refractivity contribution is -0.145. The molecule has 1 unspecified atom stereocenters. The van der Waals surface area contributed by atoms with E-state index in [-0.39, 0.29) is 6.04 Å². The van der Waals surface area contributed by atoms with Gasteiger partial charge in [-0.15, -0.1) is 0 Å². The van der Waals surface area contributed by atoms with Gasteiger partial charge >= 0.3 is 5.97 Å². The Bertz CT molecular complexity index is 497. The topological polar surface area (TPSA) is 69.8 Å². The lowest BCUT2D eigenvalue weighted by Gasteiger charge is -2.37. The Hall–Kier alpha value is -1.40. The van der Waals surface area contributed by atoms with Crippen molar-refractivity contribution in [1.82, 2.24) is 14.8 Å². The minimum Gasteiger partial charge on any atom is -0.480 e. The monoisotopic (exact) mass is 293 g/mol. The molecule has 21 heavy (non-hydrogen) atoms. The van der Waals surface area contributed by atoms with Crippen LogP contribution in [0, 0.1) is 19.8 Å². The molecule has 0 amide bonds. The van der Waals surface area contributed by atoms with Crippen LogP contribution in [0.4, 0.5) is 0 Å².